The lowest BCUT2D eigenvalue weighted by Gasteiger charge is -2.29. The highest BCUT2D eigenvalue weighted by molar-refractivity contribution is 6.02. The van der Waals surface area contributed by atoms with Crippen molar-refractivity contribution in [2.75, 3.05) is 13.1 Å². The van der Waals surface area contributed by atoms with E-state index >= 15 is 0 Å². The van der Waals surface area contributed by atoms with Gasteiger partial charge in [-0.2, -0.15) is 0 Å². The predicted molar refractivity (Wildman–Crippen MR) is 93.0 cm³/mol. The van der Waals surface area contributed by atoms with Crippen LogP contribution in [0.3, 0.4) is 0 Å². The van der Waals surface area contributed by atoms with Gasteiger partial charge in [-0.15, -0.1) is 0 Å². The van der Waals surface area contributed by atoms with Crippen molar-refractivity contribution in [3.63, 3.8) is 0 Å². The smallest absolute Gasteiger partial charge is 0.303 e. The van der Waals surface area contributed by atoms with E-state index in [-0.39, 0.29) is 23.5 Å². The number of nitrogens with zero attached hydrogens (tertiary/aromatic N) is 3. The Morgan fingerprint density at radius 2 is 2.04 bits per heavy atom. The highest BCUT2D eigenvalue weighted by Gasteiger charge is 2.52. The fourth-order valence-electron chi connectivity index (χ4n) is 3.50. The second-order valence-corrected chi connectivity index (χ2v) is 7.00. The van der Waals surface area contributed by atoms with Crippen LogP contribution >= 0.6 is 0 Å². The molecule has 1 amide bonds. The maximum absolute atomic E-state index is 14.1. The largest absolute Gasteiger partial charge is 0.459 e. The molecule has 1 aromatic heterocycles. The lowest BCUT2D eigenvalue weighted by molar-refractivity contribution is -0.00435. The minimum absolute atomic E-state index is 0.0920. The summed E-state index contributed by atoms with van der Waals surface area (Å²) in [5.74, 6) is -0.265. The second kappa shape index (κ2) is 6.25. The van der Waals surface area contributed by atoms with Crippen molar-refractivity contribution in [1.82, 2.24) is 10.0 Å². The monoisotopic (exact) mass is 357 g/mol. The zero-order chi connectivity index (χ0) is 18.3. The molecule has 26 heavy (non-hydrogen) atoms. The van der Waals surface area contributed by atoms with E-state index in [1.165, 1.54) is 12.3 Å². The molecule has 4 rings (SSSR count). The van der Waals surface area contributed by atoms with E-state index in [0.29, 0.717) is 30.8 Å². The first kappa shape index (κ1) is 16.8. The zero-order valence-corrected chi connectivity index (χ0v) is 14.7. The van der Waals surface area contributed by atoms with Crippen LogP contribution in [0.1, 0.15) is 36.4 Å². The van der Waals surface area contributed by atoms with Crippen molar-refractivity contribution < 1.29 is 18.4 Å². The number of carbonyl (C=O) groups excluding carboxylic acids is 1. The van der Waals surface area contributed by atoms with Crippen LogP contribution < -0.4 is 0 Å². The maximum Gasteiger partial charge on any atom is 0.303 e. The Morgan fingerprint density at radius 3 is 2.73 bits per heavy atom. The molecule has 2 aromatic rings. The van der Waals surface area contributed by atoms with Crippen LogP contribution in [-0.2, 0) is 4.84 Å². The number of benzene rings is 1. The Kier molecular flexibility index (Phi) is 4.03. The average molecular weight is 357 g/mol. The molecule has 1 fully saturated rings. The summed E-state index contributed by atoms with van der Waals surface area (Å²) in [6.45, 7) is 4.86. The van der Waals surface area contributed by atoms with Gasteiger partial charge in [0.25, 0.3) is 0 Å². The highest BCUT2D eigenvalue weighted by Crippen LogP contribution is 2.36. The fourth-order valence-corrected chi connectivity index (χ4v) is 3.50. The van der Waals surface area contributed by atoms with Crippen LogP contribution in [0.4, 0.5) is 4.39 Å². The Hall–Kier alpha value is -2.67. The number of hydrazine groups is 1. The molecular formula is C19H20FN3O3. The third kappa shape index (κ3) is 2.78. The minimum Gasteiger partial charge on any atom is -0.459 e. The number of amides is 1. The number of furan rings is 1. The Balaban J connectivity index is 1.58. The van der Waals surface area contributed by atoms with E-state index in [4.69, 9.17) is 9.25 Å². The molecule has 2 aliphatic heterocycles. The van der Waals surface area contributed by atoms with Gasteiger partial charge in [-0.05, 0) is 32.0 Å². The molecular weight excluding hydrogens is 337 g/mol. The van der Waals surface area contributed by atoms with Gasteiger partial charge in [0.15, 0.2) is 11.4 Å². The van der Waals surface area contributed by atoms with Crippen LogP contribution in [-0.4, -0.2) is 46.4 Å². The maximum atomic E-state index is 14.1. The molecule has 1 saturated heterocycles. The Labute approximate surface area is 150 Å². The zero-order valence-electron chi connectivity index (χ0n) is 14.7. The lowest BCUT2D eigenvalue weighted by Crippen LogP contribution is -2.44. The van der Waals surface area contributed by atoms with Gasteiger partial charge in [-0.3, -0.25) is 9.80 Å². The summed E-state index contributed by atoms with van der Waals surface area (Å²) in [7, 11) is 0. The third-order valence-electron chi connectivity index (χ3n) is 4.78. The summed E-state index contributed by atoms with van der Waals surface area (Å²) in [6.07, 6.45) is 1.92. The van der Waals surface area contributed by atoms with Gasteiger partial charge in [0, 0.05) is 18.0 Å². The Bertz CT molecular complexity index is 849. The molecule has 1 spiro atoms. The summed E-state index contributed by atoms with van der Waals surface area (Å²) in [5, 5.41) is 7.73. The standard InChI is InChI=1S/C19H20FN3O3/c1-13(2)22-11-19(12-23(22)18(24)17-8-5-9-25-17)10-16(21-26-19)14-6-3-4-7-15(14)20/h3-9,13H,10-12H2,1-2H3. The normalized spacial score (nSPS) is 22.9. The number of rotatable bonds is 3. The van der Waals surface area contributed by atoms with E-state index in [1.54, 1.807) is 35.3 Å². The number of halogens is 1. The number of oxime groups is 1. The van der Waals surface area contributed by atoms with Gasteiger partial charge in [-0.1, -0.05) is 23.4 Å². The summed E-state index contributed by atoms with van der Waals surface area (Å²) in [5.41, 5.74) is 0.333. The van der Waals surface area contributed by atoms with Gasteiger partial charge in [-0.25, -0.2) is 9.40 Å². The van der Waals surface area contributed by atoms with Crippen LogP contribution in [0, 0.1) is 5.82 Å². The van der Waals surface area contributed by atoms with E-state index < -0.39 is 5.60 Å². The van der Waals surface area contributed by atoms with E-state index in [2.05, 4.69) is 5.16 Å². The SMILES string of the molecule is CC(C)N1CC2(CC(c3ccccc3F)=NO2)CN1C(=O)c1ccco1. The highest BCUT2D eigenvalue weighted by atomic mass is 19.1. The first-order chi connectivity index (χ1) is 12.5. The van der Waals surface area contributed by atoms with E-state index in [0.717, 1.165) is 0 Å². The molecule has 1 unspecified atom stereocenters. The lowest BCUT2D eigenvalue weighted by atomic mass is 9.94. The summed E-state index contributed by atoms with van der Waals surface area (Å²) in [6, 6.07) is 9.93. The number of carbonyl (C=O) groups is 1. The summed E-state index contributed by atoms with van der Waals surface area (Å²) < 4.78 is 19.3. The van der Waals surface area contributed by atoms with Gasteiger partial charge in [0.2, 0.25) is 0 Å². The van der Waals surface area contributed by atoms with Crippen molar-refractivity contribution in [1.29, 1.82) is 0 Å². The molecule has 0 bridgehead atoms. The van der Waals surface area contributed by atoms with Crippen LogP contribution in [0.25, 0.3) is 0 Å². The third-order valence-corrected chi connectivity index (χ3v) is 4.78. The van der Waals surface area contributed by atoms with E-state index in [1.807, 2.05) is 18.9 Å². The molecule has 0 saturated carbocycles. The van der Waals surface area contributed by atoms with Gasteiger partial charge >= 0.3 is 5.91 Å². The van der Waals surface area contributed by atoms with Crippen molar-refractivity contribution in [3.05, 3.63) is 59.8 Å². The van der Waals surface area contributed by atoms with Gasteiger partial charge in [0.1, 0.15) is 5.82 Å². The molecule has 0 radical (unpaired) electrons. The first-order valence-corrected chi connectivity index (χ1v) is 8.61. The molecule has 6 nitrogen and oxygen atoms in total. The average Bonchev–Trinajstić information content (AvgIpc) is 3.35. The first-order valence-electron chi connectivity index (χ1n) is 8.61. The fraction of sp³-hybridized carbons (Fsp3) is 0.368. The van der Waals surface area contributed by atoms with Gasteiger partial charge in [0.05, 0.1) is 25.1 Å². The number of hydrogen-bond donors (Lipinski definition) is 0. The molecule has 0 aliphatic carbocycles. The molecule has 7 heteroatoms. The van der Waals surface area contributed by atoms with Crippen LogP contribution in [0.15, 0.2) is 52.2 Å². The molecule has 1 aromatic carbocycles. The quantitative estimate of drug-likeness (QED) is 0.847. The van der Waals surface area contributed by atoms with Crippen molar-refractivity contribution in [2.24, 2.45) is 5.16 Å². The van der Waals surface area contributed by atoms with Crippen LogP contribution in [0.2, 0.25) is 0 Å². The van der Waals surface area contributed by atoms with Crippen molar-refractivity contribution >= 4 is 11.6 Å². The van der Waals surface area contributed by atoms with Crippen molar-refractivity contribution in [2.45, 2.75) is 31.9 Å². The summed E-state index contributed by atoms with van der Waals surface area (Å²) in [4.78, 5) is 18.6. The summed E-state index contributed by atoms with van der Waals surface area (Å²) >= 11 is 0. The molecule has 0 N–H and O–H groups in total. The molecule has 2 aliphatic rings. The Morgan fingerprint density at radius 1 is 1.23 bits per heavy atom. The van der Waals surface area contributed by atoms with Crippen molar-refractivity contribution in [3.8, 4) is 0 Å². The van der Waals surface area contributed by atoms with Crippen LogP contribution in [0.5, 0.6) is 0 Å². The van der Waals surface area contributed by atoms with E-state index in [9.17, 15) is 9.18 Å². The number of hydrogen-bond acceptors (Lipinski definition) is 5. The molecule has 3 heterocycles. The predicted octanol–water partition coefficient (Wildman–Crippen LogP) is 3.06. The topological polar surface area (TPSA) is 58.3 Å². The van der Waals surface area contributed by atoms with Gasteiger partial charge < -0.3 is 9.25 Å². The molecule has 1 atom stereocenters. The molecule has 136 valence electrons. The minimum atomic E-state index is -0.676. The second-order valence-electron chi connectivity index (χ2n) is 7.00.